The smallest absolute Gasteiger partial charge is 0.259 e. The number of aromatic nitrogens is 2. The van der Waals surface area contributed by atoms with Crippen LogP contribution in [0.2, 0.25) is 0 Å². The fourth-order valence-electron chi connectivity index (χ4n) is 3.80. The molecular weight excluding hydrogens is 362 g/mol. The van der Waals surface area contributed by atoms with Crippen molar-refractivity contribution >= 4 is 28.3 Å². The number of thiophene rings is 1. The van der Waals surface area contributed by atoms with E-state index in [2.05, 4.69) is 30.1 Å². The summed E-state index contributed by atoms with van der Waals surface area (Å²) in [6, 6.07) is 3.98. The highest BCUT2D eigenvalue weighted by Crippen LogP contribution is 2.33. The van der Waals surface area contributed by atoms with Crippen molar-refractivity contribution in [3.63, 3.8) is 0 Å². The van der Waals surface area contributed by atoms with E-state index in [1.54, 1.807) is 11.3 Å². The zero-order valence-electron chi connectivity index (χ0n) is 16.2. The van der Waals surface area contributed by atoms with Gasteiger partial charge in [-0.25, -0.2) is 4.98 Å². The zero-order valence-corrected chi connectivity index (χ0v) is 17.0. The van der Waals surface area contributed by atoms with E-state index >= 15 is 0 Å². The van der Waals surface area contributed by atoms with Crippen molar-refractivity contribution in [1.29, 1.82) is 0 Å². The topological polar surface area (TPSA) is 68.5 Å². The van der Waals surface area contributed by atoms with Crippen LogP contribution in [0, 0.1) is 20.8 Å². The van der Waals surface area contributed by atoms with Gasteiger partial charge >= 0.3 is 0 Å². The van der Waals surface area contributed by atoms with E-state index in [-0.39, 0.29) is 18.1 Å². The van der Waals surface area contributed by atoms with Crippen LogP contribution in [0.1, 0.15) is 39.7 Å². The number of pyridine rings is 1. The fraction of sp³-hybridized carbons (Fsp3) is 0.450. The molecule has 2 unspecified atom stereocenters. The van der Waals surface area contributed by atoms with Crippen LogP contribution in [0.5, 0.6) is 0 Å². The molecule has 0 saturated carbocycles. The molecule has 0 N–H and O–H groups in total. The lowest BCUT2D eigenvalue weighted by atomic mass is 10.0. The van der Waals surface area contributed by atoms with Gasteiger partial charge in [-0.2, -0.15) is 0 Å². The van der Waals surface area contributed by atoms with Crippen molar-refractivity contribution in [2.45, 2.75) is 46.8 Å². The molecule has 0 aromatic carbocycles. The standard InChI is InChI=1S/C20H23N3O3S/c1-10-8-23(9-11(2)25-10)20(24)16-7-17(15-6-12(3)27-14(15)5)21-19-18(16)13(4)22-26-19/h6-7,10-11H,8-9H2,1-5H3. The number of fused-ring (bicyclic) bond motifs is 1. The Morgan fingerprint density at radius 1 is 1.19 bits per heavy atom. The van der Waals surface area contributed by atoms with Gasteiger partial charge in [-0.05, 0) is 46.8 Å². The molecule has 0 spiro atoms. The van der Waals surface area contributed by atoms with Crippen LogP contribution in [0.25, 0.3) is 22.4 Å². The Bertz CT molecular complexity index is 1010. The first-order valence-electron chi connectivity index (χ1n) is 9.12. The third-order valence-corrected chi connectivity index (χ3v) is 5.84. The monoisotopic (exact) mass is 385 g/mol. The lowest BCUT2D eigenvalue weighted by Crippen LogP contribution is -2.48. The first kappa shape index (κ1) is 18.1. The average Bonchev–Trinajstić information content (AvgIpc) is 3.14. The van der Waals surface area contributed by atoms with Gasteiger partial charge in [0.15, 0.2) is 0 Å². The molecule has 142 valence electrons. The predicted molar refractivity (Wildman–Crippen MR) is 105 cm³/mol. The van der Waals surface area contributed by atoms with Gasteiger partial charge in [0.25, 0.3) is 11.6 Å². The molecule has 4 rings (SSSR count). The summed E-state index contributed by atoms with van der Waals surface area (Å²) in [6.07, 6.45) is 0.0275. The van der Waals surface area contributed by atoms with Gasteiger partial charge < -0.3 is 14.2 Å². The quantitative estimate of drug-likeness (QED) is 0.664. The van der Waals surface area contributed by atoms with Crippen LogP contribution in [0.4, 0.5) is 0 Å². The molecule has 3 aromatic heterocycles. The lowest BCUT2D eigenvalue weighted by Gasteiger charge is -2.35. The SMILES string of the molecule is Cc1cc(-c2cc(C(=O)N3CC(C)OC(C)C3)c3c(C)noc3n2)c(C)s1. The van der Waals surface area contributed by atoms with E-state index < -0.39 is 0 Å². The summed E-state index contributed by atoms with van der Waals surface area (Å²) in [5, 5.41) is 4.74. The molecule has 2 atom stereocenters. The number of nitrogens with zero attached hydrogens (tertiary/aromatic N) is 3. The Morgan fingerprint density at radius 2 is 1.89 bits per heavy atom. The van der Waals surface area contributed by atoms with Crippen molar-refractivity contribution in [1.82, 2.24) is 15.0 Å². The minimum Gasteiger partial charge on any atom is -0.372 e. The van der Waals surface area contributed by atoms with Gasteiger partial charge in [0.2, 0.25) is 0 Å². The van der Waals surface area contributed by atoms with Gasteiger partial charge in [0.05, 0.1) is 34.5 Å². The van der Waals surface area contributed by atoms with Crippen LogP contribution >= 0.6 is 11.3 Å². The number of morpholine rings is 1. The number of carbonyl (C=O) groups is 1. The zero-order chi connectivity index (χ0) is 19.3. The molecule has 6 nitrogen and oxygen atoms in total. The predicted octanol–water partition coefficient (Wildman–Crippen LogP) is 4.13. The first-order chi connectivity index (χ1) is 12.8. The molecule has 1 aliphatic heterocycles. The average molecular weight is 385 g/mol. The maximum atomic E-state index is 13.4. The molecule has 3 aromatic rings. The van der Waals surface area contributed by atoms with Crippen LogP contribution < -0.4 is 0 Å². The van der Waals surface area contributed by atoms with Crippen LogP contribution in [0.3, 0.4) is 0 Å². The number of hydrogen-bond donors (Lipinski definition) is 0. The van der Waals surface area contributed by atoms with E-state index in [0.29, 0.717) is 35.4 Å². The van der Waals surface area contributed by atoms with Gasteiger partial charge in [-0.3, -0.25) is 4.79 Å². The summed E-state index contributed by atoms with van der Waals surface area (Å²) in [5.74, 6) is -0.0263. The van der Waals surface area contributed by atoms with Crippen molar-refractivity contribution < 1.29 is 14.1 Å². The van der Waals surface area contributed by atoms with Crippen LogP contribution in [0.15, 0.2) is 16.7 Å². The Kier molecular flexibility index (Phi) is 4.52. The molecule has 1 fully saturated rings. The number of hydrogen-bond acceptors (Lipinski definition) is 6. The number of rotatable bonds is 2. The molecule has 7 heteroatoms. The molecule has 27 heavy (non-hydrogen) atoms. The van der Waals surface area contributed by atoms with Gasteiger partial charge in [0, 0.05) is 28.4 Å². The number of amides is 1. The summed E-state index contributed by atoms with van der Waals surface area (Å²) in [5.41, 5.74) is 3.47. The second-order valence-electron chi connectivity index (χ2n) is 7.30. The van der Waals surface area contributed by atoms with Crippen molar-refractivity contribution in [3.05, 3.63) is 33.1 Å². The van der Waals surface area contributed by atoms with E-state index in [1.807, 2.05) is 31.7 Å². The number of carbonyl (C=O) groups excluding carboxylic acids is 1. The Hall–Kier alpha value is -2.25. The molecule has 1 aliphatic rings. The molecular formula is C20H23N3O3S. The molecule has 4 heterocycles. The van der Waals surface area contributed by atoms with Crippen molar-refractivity contribution in [3.8, 4) is 11.3 Å². The van der Waals surface area contributed by atoms with Crippen LogP contribution in [-0.2, 0) is 4.74 Å². The summed E-state index contributed by atoms with van der Waals surface area (Å²) in [6.45, 7) is 11.1. The van der Waals surface area contributed by atoms with E-state index in [4.69, 9.17) is 9.26 Å². The number of aryl methyl sites for hydroxylation is 3. The highest BCUT2D eigenvalue weighted by molar-refractivity contribution is 7.12. The lowest BCUT2D eigenvalue weighted by molar-refractivity contribution is -0.0585. The second-order valence-corrected chi connectivity index (χ2v) is 8.76. The number of ether oxygens (including phenoxy) is 1. The third-order valence-electron chi connectivity index (χ3n) is 4.87. The summed E-state index contributed by atoms with van der Waals surface area (Å²) >= 11 is 1.72. The summed E-state index contributed by atoms with van der Waals surface area (Å²) < 4.78 is 11.2. The van der Waals surface area contributed by atoms with E-state index in [0.717, 1.165) is 11.3 Å². The highest BCUT2D eigenvalue weighted by Gasteiger charge is 2.29. The maximum Gasteiger partial charge on any atom is 0.259 e. The van der Waals surface area contributed by atoms with E-state index in [9.17, 15) is 4.79 Å². The molecule has 0 bridgehead atoms. The molecule has 0 aliphatic carbocycles. The molecule has 0 radical (unpaired) electrons. The van der Waals surface area contributed by atoms with Crippen LogP contribution in [-0.4, -0.2) is 46.2 Å². The van der Waals surface area contributed by atoms with E-state index in [1.165, 1.54) is 9.75 Å². The molecule has 1 saturated heterocycles. The third kappa shape index (κ3) is 3.26. The second kappa shape index (κ2) is 6.73. The largest absolute Gasteiger partial charge is 0.372 e. The minimum atomic E-state index is -0.0263. The van der Waals surface area contributed by atoms with Crippen molar-refractivity contribution in [2.75, 3.05) is 13.1 Å². The first-order valence-corrected chi connectivity index (χ1v) is 9.94. The summed E-state index contributed by atoms with van der Waals surface area (Å²) in [7, 11) is 0. The van der Waals surface area contributed by atoms with Gasteiger partial charge in [-0.1, -0.05) is 5.16 Å². The minimum absolute atomic E-state index is 0.0137. The van der Waals surface area contributed by atoms with Gasteiger partial charge in [-0.15, -0.1) is 11.3 Å². The highest BCUT2D eigenvalue weighted by atomic mass is 32.1. The summed E-state index contributed by atoms with van der Waals surface area (Å²) in [4.78, 5) is 22.3. The Labute approximate surface area is 162 Å². The van der Waals surface area contributed by atoms with Crippen molar-refractivity contribution in [2.24, 2.45) is 0 Å². The fourth-order valence-corrected chi connectivity index (χ4v) is 4.73. The maximum absolute atomic E-state index is 13.4. The Morgan fingerprint density at radius 3 is 2.52 bits per heavy atom. The molecule has 1 amide bonds. The normalized spacial score (nSPS) is 20.4. The van der Waals surface area contributed by atoms with Gasteiger partial charge in [0.1, 0.15) is 0 Å². The Balaban J connectivity index is 1.84.